The molecule has 1 aromatic rings. The van der Waals surface area contributed by atoms with Crippen LogP contribution >= 0.6 is 0 Å². The van der Waals surface area contributed by atoms with E-state index in [4.69, 9.17) is 4.74 Å². The number of amides is 1. The molecule has 1 saturated carbocycles. The molecule has 2 N–H and O–H groups in total. The molecular weight excluding hydrogens is 344 g/mol. The molecule has 7 nitrogen and oxygen atoms in total. The fourth-order valence-electron chi connectivity index (χ4n) is 4.04. The normalized spacial score (nSPS) is 26.8. The maximum Gasteiger partial charge on any atom is 0.225 e. The molecule has 2 heterocycles. The van der Waals surface area contributed by atoms with Crippen molar-refractivity contribution in [2.75, 3.05) is 25.0 Å². The lowest BCUT2D eigenvalue weighted by Gasteiger charge is -2.39. The van der Waals surface area contributed by atoms with E-state index in [-0.39, 0.29) is 30.1 Å². The second-order valence-corrected chi connectivity index (χ2v) is 7.72. The maximum atomic E-state index is 12.9. The van der Waals surface area contributed by atoms with Gasteiger partial charge in [0.2, 0.25) is 5.91 Å². The van der Waals surface area contributed by atoms with Crippen LogP contribution in [0.2, 0.25) is 0 Å². The van der Waals surface area contributed by atoms with Crippen LogP contribution in [0.4, 0.5) is 5.82 Å². The van der Waals surface area contributed by atoms with Crippen molar-refractivity contribution in [3.8, 4) is 0 Å². The number of carbonyl (C=O) groups is 1. The van der Waals surface area contributed by atoms with E-state index in [1.54, 1.807) is 6.20 Å². The molecular formula is C20H32N4O3. The number of aliphatic hydroxyl groups excluding tert-OH is 1. The highest BCUT2D eigenvalue weighted by atomic mass is 16.5. The van der Waals surface area contributed by atoms with Gasteiger partial charge < -0.3 is 20.1 Å². The molecule has 3 rings (SSSR count). The number of rotatable bonds is 6. The summed E-state index contributed by atoms with van der Waals surface area (Å²) in [7, 11) is 0. The molecule has 0 aromatic carbocycles. The lowest BCUT2D eigenvalue weighted by atomic mass is 9.82. The van der Waals surface area contributed by atoms with Crippen LogP contribution in [0.15, 0.2) is 12.3 Å². The predicted octanol–water partition coefficient (Wildman–Crippen LogP) is 2.14. The first-order valence-electron chi connectivity index (χ1n) is 10.2. The van der Waals surface area contributed by atoms with Crippen LogP contribution in [0, 0.1) is 12.8 Å². The Balaban J connectivity index is 1.62. The third kappa shape index (κ3) is 5.39. The lowest BCUT2D eigenvalue weighted by Crippen LogP contribution is -2.48. The zero-order valence-electron chi connectivity index (χ0n) is 16.4. The van der Waals surface area contributed by atoms with Gasteiger partial charge in [-0.05, 0) is 51.5 Å². The number of likely N-dealkylation sites (tertiary alicyclic amines) is 1. The van der Waals surface area contributed by atoms with Gasteiger partial charge in [0.05, 0.1) is 18.2 Å². The molecule has 0 radical (unpaired) electrons. The van der Waals surface area contributed by atoms with Crippen molar-refractivity contribution in [1.29, 1.82) is 0 Å². The summed E-state index contributed by atoms with van der Waals surface area (Å²) in [4.78, 5) is 23.4. The Kier molecular flexibility index (Phi) is 7.01. The van der Waals surface area contributed by atoms with Gasteiger partial charge in [0.15, 0.2) is 0 Å². The number of carbonyl (C=O) groups excluding carboxylic acids is 1. The molecule has 1 amide bonds. The molecule has 1 aromatic heterocycles. The highest BCUT2D eigenvalue weighted by molar-refractivity contribution is 5.79. The van der Waals surface area contributed by atoms with Crippen LogP contribution in [0.1, 0.15) is 51.3 Å². The van der Waals surface area contributed by atoms with Gasteiger partial charge in [-0.1, -0.05) is 6.92 Å². The van der Waals surface area contributed by atoms with Gasteiger partial charge >= 0.3 is 0 Å². The first-order chi connectivity index (χ1) is 13.1. The number of aliphatic hydroxyl groups is 1. The molecule has 2 aliphatic rings. The number of ether oxygens (including phenoxy) is 1. The van der Waals surface area contributed by atoms with Crippen molar-refractivity contribution in [2.24, 2.45) is 5.92 Å². The predicted molar refractivity (Wildman–Crippen MR) is 103 cm³/mol. The number of nitrogens with zero attached hydrogens (tertiary/aromatic N) is 3. The smallest absolute Gasteiger partial charge is 0.225 e. The summed E-state index contributed by atoms with van der Waals surface area (Å²) in [5.74, 6) is 1.78. The quantitative estimate of drug-likeness (QED) is 0.791. The molecule has 7 heteroatoms. The Morgan fingerprint density at radius 1 is 1.33 bits per heavy atom. The fourth-order valence-corrected chi connectivity index (χ4v) is 4.04. The summed E-state index contributed by atoms with van der Waals surface area (Å²) in [6.45, 7) is 6.00. The summed E-state index contributed by atoms with van der Waals surface area (Å²) in [6.07, 6.45) is 6.29. The Morgan fingerprint density at radius 3 is 2.81 bits per heavy atom. The zero-order valence-corrected chi connectivity index (χ0v) is 16.4. The summed E-state index contributed by atoms with van der Waals surface area (Å²) >= 11 is 0. The van der Waals surface area contributed by atoms with Gasteiger partial charge in [0, 0.05) is 31.8 Å². The van der Waals surface area contributed by atoms with E-state index in [0.29, 0.717) is 32.5 Å². The molecule has 2 fully saturated rings. The van der Waals surface area contributed by atoms with Crippen molar-refractivity contribution in [3.63, 3.8) is 0 Å². The van der Waals surface area contributed by atoms with Crippen molar-refractivity contribution >= 4 is 11.7 Å². The Hall–Kier alpha value is -1.73. The molecule has 0 spiro atoms. The number of aromatic nitrogens is 2. The summed E-state index contributed by atoms with van der Waals surface area (Å²) in [5.41, 5.74) is 0. The van der Waals surface area contributed by atoms with Gasteiger partial charge in [-0.3, -0.25) is 4.79 Å². The summed E-state index contributed by atoms with van der Waals surface area (Å²) < 4.78 is 6.12. The van der Waals surface area contributed by atoms with Crippen molar-refractivity contribution in [2.45, 2.75) is 70.6 Å². The van der Waals surface area contributed by atoms with Crippen LogP contribution in [-0.2, 0) is 9.53 Å². The maximum absolute atomic E-state index is 12.9. The number of nitrogens with one attached hydrogen (secondary N) is 1. The third-order valence-electron chi connectivity index (χ3n) is 5.56. The molecule has 1 aliphatic heterocycles. The Labute approximate surface area is 161 Å². The standard InChI is InChI=1S/C20H32N4O3/c1-3-12-27-18-13-15(20(26)24-10-7-16(25)8-11-24)4-5-17(18)23-19-6-9-21-14(2)22-19/h6,9,15-18,25H,3-5,7-8,10-13H2,1-2H3,(H,21,22,23)/t15-,17+,18+/m0/s1. The number of aryl methyl sites for hydroxylation is 1. The van der Waals surface area contributed by atoms with Gasteiger partial charge in [0.1, 0.15) is 11.6 Å². The number of hydrogen-bond donors (Lipinski definition) is 2. The Morgan fingerprint density at radius 2 is 2.11 bits per heavy atom. The molecule has 1 saturated heterocycles. The van der Waals surface area contributed by atoms with Gasteiger partial charge in [-0.2, -0.15) is 0 Å². The van der Waals surface area contributed by atoms with E-state index in [1.807, 2.05) is 17.9 Å². The van der Waals surface area contributed by atoms with E-state index in [2.05, 4.69) is 22.2 Å². The topological polar surface area (TPSA) is 87.6 Å². The molecule has 27 heavy (non-hydrogen) atoms. The molecule has 3 atom stereocenters. The van der Waals surface area contributed by atoms with Gasteiger partial charge in [0.25, 0.3) is 0 Å². The number of anilines is 1. The van der Waals surface area contributed by atoms with E-state index in [1.165, 1.54) is 0 Å². The Bertz CT molecular complexity index is 619. The van der Waals surface area contributed by atoms with Crippen LogP contribution in [0.5, 0.6) is 0 Å². The summed E-state index contributed by atoms with van der Waals surface area (Å²) in [6, 6.07) is 2.03. The number of piperidine rings is 1. The lowest BCUT2D eigenvalue weighted by molar-refractivity contribution is -0.140. The average Bonchev–Trinajstić information content (AvgIpc) is 2.67. The highest BCUT2D eigenvalue weighted by Crippen LogP contribution is 2.31. The van der Waals surface area contributed by atoms with Gasteiger partial charge in [-0.15, -0.1) is 0 Å². The summed E-state index contributed by atoms with van der Waals surface area (Å²) in [5, 5.41) is 13.2. The first-order valence-corrected chi connectivity index (χ1v) is 10.2. The van der Waals surface area contributed by atoms with Crippen molar-refractivity contribution in [3.05, 3.63) is 18.1 Å². The second kappa shape index (κ2) is 9.46. The molecule has 0 bridgehead atoms. The van der Waals surface area contributed by atoms with E-state index < -0.39 is 0 Å². The van der Waals surface area contributed by atoms with Crippen LogP contribution < -0.4 is 5.32 Å². The minimum absolute atomic E-state index is 0.00157. The van der Waals surface area contributed by atoms with Crippen molar-refractivity contribution < 1.29 is 14.6 Å². The SMILES string of the molecule is CCCO[C@@H]1C[C@@H](C(=O)N2CCC(O)CC2)CC[C@H]1Nc1ccnc(C)n1. The minimum Gasteiger partial charge on any atom is -0.393 e. The molecule has 150 valence electrons. The van der Waals surface area contributed by atoms with Crippen LogP contribution in [-0.4, -0.2) is 63.8 Å². The van der Waals surface area contributed by atoms with E-state index in [0.717, 1.165) is 37.3 Å². The van der Waals surface area contributed by atoms with Gasteiger partial charge in [-0.25, -0.2) is 9.97 Å². The van der Waals surface area contributed by atoms with E-state index in [9.17, 15) is 9.90 Å². The second-order valence-electron chi connectivity index (χ2n) is 7.72. The average molecular weight is 377 g/mol. The zero-order chi connectivity index (χ0) is 19.2. The minimum atomic E-state index is -0.258. The number of hydrogen-bond acceptors (Lipinski definition) is 6. The molecule has 1 aliphatic carbocycles. The largest absolute Gasteiger partial charge is 0.393 e. The monoisotopic (exact) mass is 376 g/mol. The van der Waals surface area contributed by atoms with Crippen LogP contribution in [0.25, 0.3) is 0 Å². The van der Waals surface area contributed by atoms with E-state index >= 15 is 0 Å². The highest BCUT2D eigenvalue weighted by Gasteiger charge is 2.37. The first kappa shape index (κ1) is 20.0. The van der Waals surface area contributed by atoms with Crippen molar-refractivity contribution in [1.82, 2.24) is 14.9 Å². The van der Waals surface area contributed by atoms with Crippen LogP contribution in [0.3, 0.4) is 0 Å². The fraction of sp³-hybridized carbons (Fsp3) is 0.750. The third-order valence-corrected chi connectivity index (χ3v) is 5.56. The molecule has 0 unspecified atom stereocenters.